The quantitative estimate of drug-likeness (QED) is 0.737. The van der Waals surface area contributed by atoms with Crippen LogP contribution in [-0.4, -0.2) is 60.3 Å². The maximum Gasteiger partial charge on any atom is 0.245 e. The van der Waals surface area contributed by atoms with E-state index >= 15 is 0 Å². The predicted molar refractivity (Wildman–Crippen MR) is 78.5 cm³/mol. The van der Waals surface area contributed by atoms with Crippen LogP contribution in [0.1, 0.15) is 0 Å². The van der Waals surface area contributed by atoms with Gasteiger partial charge in [-0.15, -0.1) is 0 Å². The number of para-hydroxylation sites is 1. The van der Waals surface area contributed by atoms with E-state index in [4.69, 9.17) is 9.47 Å². The molecule has 0 saturated heterocycles. The summed E-state index contributed by atoms with van der Waals surface area (Å²) >= 11 is 0. The molecule has 7 heteroatoms. The fourth-order valence-electron chi connectivity index (χ4n) is 1.78. The molecule has 1 aromatic carbocycles. The first-order chi connectivity index (χ1) is 9.57. The molecule has 1 aromatic rings. The zero-order chi connectivity index (χ0) is 15.0. The van der Waals surface area contributed by atoms with E-state index in [0.717, 1.165) is 0 Å². The highest BCUT2D eigenvalue weighted by atomic mass is 32.2. The van der Waals surface area contributed by atoms with E-state index in [-0.39, 0.29) is 4.90 Å². The lowest BCUT2D eigenvalue weighted by atomic mass is 10.3. The molecule has 6 nitrogen and oxygen atoms in total. The summed E-state index contributed by atoms with van der Waals surface area (Å²) in [5.74, 6) is 0. The highest BCUT2D eigenvalue weighted by molar-refractivity contribution is 7.89. The second-order valence-corrected chi connectivity index (χ2v) is 6.04. The minimum absolute atomic E-state index is 0.259. The van der Waals surface area contributed by atoms with Crippen molar-refractivity contribution in [2.45, 2.75) is 4.90 Å². The maximum atomic E-state index is 12.7. The number of nitrogens with zero attached hydrogens (tertiary/aromatic N) is 1. The molecule has 0 aliphatic rings. The average molecular weight is 302 g/mol. The molecule has 114 valence electrons. The standard InChI is InChI=1S/C13H22N2O4S/c1-14-12-6-4-5-7-13(12)20(16,17)15(8-10-18-2)9-11-19-3/h4-7,14H,8-11H2,1-3H3. The molecule has 0 amide bonds. The van der Waals surface area contributed by atoms with Crippen LogP contribution < -0.4 is 5.32 Å². The third kappa shape index (κ3) is 4.17. The number of nitrogens with one attached hydrogen (secondary N) is 1. The molecule has 0 heterocycles. The molecule has 0 atom stereocenters. The molecular formula is C13H22N2O4S. The Morgan fingerprint density at radius 2 is 1.65 bits per heavy atom. The van der Waals surface area contributed by atoms with Gasteiger partial charge in [0.2, 0.25) is 10.0 Å². The van der Waals surface area contributed by atoms with Crippen LogP contribution >= 0.6 is 0 Å². The fourth-order valence-corrected chi connectivity index (χ4v) is 3.38. The zero-order valence-electron chi connectivity index (χ0n) is 12.1. The molecule has 1 N–H and O–H groups in total. The first kappa shape index (κ1) is 16.9. The molecule has 1 rings (SSSR count). The van der Waals surface area contributed by atoms with E-state index in [1.165, 1.54) is 4.31 Å². The Morgan fingerprint density at radius 3 is 2.15 bits per heavy atom. The van der Waals surface area contributed by atoms with Gasteiger partial charge in [-0.2, -0.15) is 4.31 Å². The van der Waals surface area contributed by atoms with E-state index in [2.05, 4.69) is 5.32 Å². The lowest BCUT2D eigenvalue weighted by Gasteiger charge is -2.22. The minimum atomic E-state index is -3.58. The number of hydrogen-bond acceptors (Lipinski definition) is 5. The summed E-state index contributed by atoms with van der Waals surface area (Å²) in [4.78, 5) is 0.259. The summed E-state index contributed by atoms with van der Waals surface area (Å²) in [6, 6.07) is 6.82. The monoisotopic (exact) mass is 302 g/mol. The Morgan fingerprint density at radius 1 is 1.10 bits per heavy atom. The summed E-state index contributed by atoms with van der Waals surface area (Å²) in [7, 11) is 1.21. The van der Waals surface area contributed by atoms with Gasteiger partial charge in [0.25, 0.3) is 0 Å². The van der Waals surface area contributed by atoms with E-state index < -0.39 is 10.0 Å². The topological polar surface area (TPSA) is 67.9 Å². The summed E-state index contributed by atoms with van der Waals surface area (Å²) < 4.78 is 36.7. The number of hydrogen-bond donors (Lipinski definition) is 1. The van der Waals surface area contributed by atoms with Crippen LogP contribution in [0.4, 0.5) is 5.69 Å². The average Bonchev–Trinajstić information content (AvgIpc) is 2.47. The summed E-state index contributed by atoms with van der Waals surface area (Å²) in [5.41, 5.74) is 0.576. The van der Waals surface area contributed by atoms with Crippen molar-refractivity contribution in [3.8, 4) is 0 Å². The van der Waals surface area contributed by atoms with Gasteiger partial charge >= 0.3 is 0 Å². The van der Waals surface area contributed by atoms with Crippen molar-refractivity contribution < 1.29 is 17.9 Å². The van der Waals surface area contributed by atoms with Gasteiger partial charge in [0, 0.05) is 34.4 Å². The van der Waals surface area contributed by atoms with Gasteiger partial charge < -0.3 is 14.8 Å². The number of anilines is 1. The Kier molecular flexibility index (Phi) is 6.94. The molecule has 0 unspecified atom stereocenters. The first-order valence-corrected chi connectivity index (χ1v) is 7.76. The molecule has 0 fully saturated rings. The van der Waals surface area contributed by atoms with Crippen molar-refractivity contribution in [2.75, 3.05) is 52.9 Å². The largest absolute Gasteiger partial charge is 0.387 e. The second-order valence-electron chi connectivity index (χ2n) is 4.14. The summed E-state index contributed by atoms with van der Waals surface area (Å²) in [6.07, 6.45) is 0. The number of ether oxygens (including phenoxy) is 2. The van der Waals surface area contributed by atoms with Crippen molar-refractivity contribution in [1.29, 1.82) is 0 Å². The number of sulfonamides is 1. The molecule has 0 saturated carbocycles. The maximum absolute atomic E-state index is 12.7. The predicted octanol–water partition coefficient (Wildman–Crippen LogP) is 1.01. The van der Waals surface area contributed by atoms with Gasteiger partial charge in [0.05, 0.1) is 18.9 Å². The van der Waals surface area contributed by atoms with Gasteiger partial charge in [-0.3, -0.25) is 0 Å². The van der Waals surface area contributed by atoms with Gasteiger partial charge in [0.1, 0.15) is 4.90 Å². The van der Waals surface area contributed by atoms with Crippen molar-refractivity contribution in [3.05, 3.63) is 24.3 Å². The normalized spacial score (nSPS) is 11.8. The number of methoxy groups -OCH3 is 2. The van der Waals surface area contributed by atoms with Crippen molar-refractivity contribution in [2.24, 2.45) is 0 Å². The Hall–Kier alpha value is -1.15. The SMILES string of the molecule is CNc1ccccc1S(=O)(=O)N(CCOC)CCOC. The van der Waals surface area contributed by atoms with Crippen LogP contribution in [0.3, 0.4) is 0 Å². The molecular weight excluding hydrogens is 280 g/mol. The molecule has 0 aliphatic carbocycles. The van der Waals surface area contributed by atoms with Crippen molar-refractivity contribution >= 4 is 15.7 Å². The van der Waals surface area contributed by atoms with Crippen LogP contribution in [-0.2, 0) is 19.5 Å². The smallest absolute Gasteiger partial charge is 0.245 e. The molecule has 20 heavy (non-hydrogen) atoms. The second kappa shape index (κ2) is 8.21. The van der Waals surface area contributed by atoms with E-state index in [1.54, 1.807) is 45.5 Å². The third-order valence-electron chi connectivity index (χ3n) is 2.86. The fraction of sp³-hybridized carbons (Fsp3) is 0.538. The molecule has 0 aromatic heterocycles. The van der Waals surface area contributed by atoms with Gasteiger partial charge in [0.15, 0.2) is 0 Å². The Bertz CT molecular complexity index is 497. The number of benzene rings is 1. The number of rotatable bonds is 9. The summed E-state index contributed by atoms with van der Waals surface area (Å²) in [5, 5.41) is 2.90. The van der Waals surface area contributed by atoms with E-state index in [9.17, 15) is 8.42 Å². The van der Waals surface area contributed by atoms with Crippen LogP contribution in [0.2, 0.25) is 0 Å². The van der Waals surface area contributed by atoms with Crippen molar-refractivity contribution in [1.82, 2.24) is 4.31 Å². The van der Waals surface area contributed by atoms with Crippen LogP contribution in [0.5, 0.6) is 0 Å². The lowest BCUT2D eigenvalue weighted by Crippen LogP contribution is -2.36. The highest BCUT2D eigenvalue weighted by Crippen LogP contribution is 2.23. The van der Waals surface area contributed by atoms with Crippen LogP contribution in [0.25, 0.3) is 0 Å². The third-order valence-corrected chi connectivity index (χ3v) is 4.82. The summed E-state index contributed by atoms with van der Waals surface area (Å²) in [6.45, 7) is 1.26. The Balaban J connectivity index is 3.07. The first-order valence-electron chi connectivity index (χ1n) is 6.32. The minimum Gasteiger partial charge on any atom is -0.387 e. The van der Waals surface area contributed by atoms with E-state index in [0.29, 0.717) is 32.0 Å². The molecule has 0 bridgehead atoms. The molecule has 0 spiro atoms. The molecule has 0 aliphatic heterocycles. The van der Waals surface area contributed by atoms with Gasteiger partial charge in [-0.1, -0.05) is 12.1 Å². The van der Waals surface area contributed by atoms with E-state index in [1.807, 2.05) is 0 Å². The molecule has 0 radical (unpaired) electrons. The van der Waals surface area contributed by atoms with Crippen molar-refractivity contribution in [3.63, 3.8) is 0 Å². The zero-order valence-corrected chi connectivity index (χ0v) is 12.9. The highest BCUT2D eigenvalue weighted by Gasteiger charge is 2.26. The van der Waals surface area contributed by atoms with Gasteiger partial charge in [-0.25, -0.2) is 8.42 Å². The van der Waals surface area contributed by atoms with Crippen LogP contribution in [0.15, 0.2) is 29.2 Å². The van der Waals surface area contributed by atoms with Crippen LogP contribution in [0, 0.1) is 0 Å². The lowest BCUT2D eigenvalue weighted by molar-refractivity contribution is 0.150. The van der Waals surface area contributed by atoms with Gasteiger partial charge in [-0.05, 0) is 12.1 Å². The Labute approximate surface area is 120 Å².